The zero-order valence-corrected chi connectivity index (χ0v) is 12.0. The first-order valence-electron chi connectivity index (χ1n) is 6.85. The molecule has 0 N–H and O–H groups in total. The van der Waals surface area contributed by atoms with Gasteiger partial charge in [0.1, 0.15) is 5.75 Å². The van der Waals surface area contributed by atoms with Gasteiger partial charge in [-0.15, -0.1) is 0 Å². The largest absolute Gasteiger partial charge is 0.481 e. The molecule has 1 heterocycles. The fourth-order valence-electron chi connectivity index (χ4n) is 2.06. The number of nitrogens with zero attached hydrogens (tertiary/aromatic N) is 2. The van der Waals surface area contributed by atoms with E-state index < -0.39 is 0 Å². The van der Waals surface area contributed by atoms with Crippen molar-refractivity contribution in [2.24, 2.45) is 0 Å². The minimum atomic E-state index is -0.293. The zero-order valence-electron chi connectivity index (χ0n) is 12.0. The Morgan fingerprint density at radius 2 is 1.86 bits per heavy atom. The molecule has 0 fully saturated rings. The molecule has 1 aromatic heterocycles. The highest BCUT2D eigenvalue weighted by Gasteiger charge is 2.16. The molecule has 3 rings (SSSR count). The van der Waals surface area contributed by atoms with Gasteiger partial charge in [-0.3, -0.25) is 0 Å². The van der Waals surface area contributed by atoms with E-state index in [0.717, 1.165) is 16.9 Å². The summed E-state index contributed by atoms with van der Waals surface area (Å²) in [6.07, 6.45) is -0.293. The molecule has 0 spiro atoms. The van der Waals surface area contributed by atoms with Gasteiger partial charge in [0.2, 0.25) is 5.82 Å². The van der Waals surface area contributed by atoms with Gasteiger partial charge in [0.25, 0.3) is 5.89 Å². The molecule has 0 aliphatic heterocycles. The second-order valence-electron chi connectivity index (χ2n) is 4.90. The monoisotopic (exact) mass is 280 g/mol. The van der Waals surface area contributed by atoms with Gasteiger partial charge < -0.3 is 9.26 Å². The standard InChI is InChI=1S/C17H16N2O2/c1-12-7-6-8-14(11-12)16-18-17(21-19-16)13(2)20-15-9-4-3-5-10-15/h3-11,13H,1-2H3/t13-/m1/s1. The van der Waals surface area contributed by atoms with Crippen molar-refractivity contribution in [1.82, 2.24) is 10.1 Å². The van der Waals surface area contributed by atoms with Gasteiger partial charge in [-0.2, -0.15) is 4.98 Å². The summed E-state index contributed by atoms with van der Waals surface area (Å²) in [6.45, 7) is 3.92. The summed E-state index contributed by atoms with van der Waals surface area (Å²) in [6, 6.07) is 17.6. The Hall–Kier alpha value is -2.62. The maximum absolute atomic E-state index is 5.78. The second-order valence-corrected chi connectivity index (χ2v) is 4.90. The molecule has 0 aliphatic rings. The molecule has 21 heavy (non-hydrogen) atoms. The van der Waals surface area contributed by atoms with Crippen molar-refractivity contribution in [1.29, 1.82) is 0 Å². The Morgan fingerprint density at radius 1 is 1.05 bits per heavy atom. The maximum Gasteiger partial charge on any atom is 0.267 e. The number of rotatable bonds is 4. The molecule has 0 bridgehead atoms. The smallest absolute Gasteiger partial charge is 0.267 e. The first-order chi connectivity index (χ1) is 10.2. The number of ether oxygens (including phenoxy) is 1. The number of hydrogen-bond acceptors (Lipinski definition) is 4. The van der Waals surface area contributed by atoms with Crippen LogP contribution in [0.25, 0.3) is 11.4 Å². The highest BCUT2D eigenvalue weighted by Crippen LogP contribution is 2.23. The van der Waals surface area contributed by atoms with Crippen molar-refractivity contribution >= 4 is 0 Å². The van der Waals surface area contributed by atoms with E-state index in [1.54, 1.807) is 0 Å². The molecule has 3 aromatic rings. The predicted molar refractivity (Wildman–Crippen MR) is 80.0 cm³/mol. The van der Waals surface area contributed by atoms with Crippen molar-refractivity contribution in [3.05, 3.63) is 66.1 Å². The third kappa shape index (κ3) is 3.11. The molecule has 0 amide bonds. The molecule has 0 saturated heterocycles. The molecule has 2 aromatic carbocycles. The number of hydrogen-bond donors (Lipinski definition) is 0. The van der Waals surface area contributed by atoms with Crippen LogP contribution in [0.3, 0.4) is 0 Å². The summed E-state index contributed by atoms with van der Waals surface area (Å²) in [7, 11) is 0. The quantitative estimate of drug-likeness (QED) is 0.719. The summed E-state index contributed by atoms with van der Waals surface area (Å²) >= 11 is 0. The Labute approximate surface area is 123 Å². The van der Waals surface area contributed by atoms with Crippen LogP contribution < -0.4 is 4.74 Å². The summed E-state index contributed by atoms with van der Waals surface area (Å²) in [4.78, 5) is 4.41. The average molecular weight is 280 g/mol. The van der Waals surface area contributed by atoms with Crippen LogP contribution in [0.2, 0.25) is 0 Å². The van der Waals surface area contributed by atoms with E-state index in [1.165, 1.54) is 0 Å². The Kier molecular flexibility index (Phi) is 3.69. The molecular formula is C17H16N2O2. The van der Waals surface area contributed by atoms with Crippen LogP contribution in [0.5, 0.6) is 5.75 Å². The van der Waals surface area contributed by atoms with Crippen molar-refractivity contribution in [2.75, 3.05) is 0 Å². The van der Waals surface area contributed by atoms with Gasteiger partial charge >= 0.3 is 0 Å². The molecule has 1 atom stereocenters. The van der Waals surface area contributed by atoms with Crippen molar-refractivity contribution in [3.63, 3.8) is 0 Å². The van der Waals surface area contributed by atoms with Crippen LogP contribution in [-0.4, -0.2) is 10.1 Å². The summed E-state index contributed by atoms with van der Waals surface area (Å²) in [5.74, 6) is 1.83. The van der Waals surface area contributed by atoms with Crippen LogP contribution in [0.4, 0.5) is 0 Å². The highest BCUT2D eigenvalue weighted by atomic mass is 16.5. The lowest BCUT2D eigenvalue weighted by molar-refractivity contribution is 0.176. The van der Waals surface area contributed by atoms with E-state index in [9.17, 15) is 0 Å². The van der Waals surface area contributed by atoms with E-state index in [0.29, 0.717) is 11.7 Å². The van der Waals surface area contributed by atoms with Crippen LogP contribution in [0, 0.1) is 6.92 Å². The summed E-state index contributed by atoms with van der Waals surface area (Å²) in [5, 5.41) is 4.02. The molecule has 4 heteroatoms. The molecule has 4 nitrogen and oxygen atoms in total. The van der Waals surface area contributed by atoms with E-state index >= 15 is 0 Å². The SMILES string of the molecule is Cc1cccc(-c2noc([C@@H](C)Oc3ccccc3)n2)c1. The lowest BCUT2D eigenvalue weighted by atomic mass is 10.1. The maximum atomic E-state index is 5.78. The summed E-state index contributed by atoms with van der Waals surface area (Å²) in [5.41, 5.74) is 2.10. The minimum absolute atomic E-state index is 0.293. The van der Waals surface area contributed by atoms with E-state index in [4.69, 9.17) is 9.26 Å². The van der Waals surface area contributed by atoms with E-state index in [-0.39, 0.29) is 6.10 Å². The average Bonchev–Trinajstić information content (AvgIpc) is 2.98. The van der Waals surface area contributed by atoms with Crippen LogP contribution in [0.1, 0.15) is 24.5 Å². The zero-order chi connectivity index (χ0) is 14.7. The third-order valence-electron chi connectivity index (χ3n) is 3.12. The number of para-hydroxylation sites is 1. The fraction of sp³-hybridized carbons (Fsp3) is 0.176. The first kappa shape index (κ1) is 13.4. The Morgan fingerprint density at radius 3 is 2.62 bits per heavy atom. The molecular weight excluding hydrogens is 264 g/mol. The van der Waals surface area contributed by atoms with Gasteiger partial charge in [0.15, 0.2) is 6.10 Å². The van der Waals surface area contributed by atoms with Crippen LogP contribution >= 0.6 is 0 Å². The van der Waals surface area contributed by atoms with Crippen molar-refractivity contribution in [3.8, 4) is 17.1 Å². The van der Waals surface area contributed by atoms with Crippen LogP contribution in [-0.2, 0) is 0 Å². The highest BCUT2D eigenvalue weighted by molar-refractivity contribution is 5.55. The molecule has 0 aliphatic carbocycles. The normalized spacial score (nSPS) is 12.1. The predicted octanol–water partition coefficient (Wildman–Crippen LogP) is 4.19. The summed E-state index contributed by atoms with van der Waals surface area (Å²) < 4.78 is 11.1. The number of benzene rings is 2. The van der Waals surface area contributed by atoms with E-state index in [2.05, 4.69) is 10.1 Å². The third-order valence-corrected chi connectivity index (χ3v) is 3.12. The van der Waals surface area contributed by atoms with Gasteiger partial charge in [-0.1, -0.05) is 47.1 Å². The first-order valence-corrected chi connectivity index (χ1v) is 6.85. The lowest BCUT2D eigenvalue weighted by Gasteiger charge is -2.09. The van der Waals surface area contributed by atoms with Crippen molar-refractivity contribution in [2.45, 2.75) is 20.0 Å². The Balaban J connectivity index is 1.78. The van der Waals surface area contributed by atoms with Crippen molar-refractivity contribution < 1.29 is 9.26 Å². The van der Waals surface area contributed by atoms with Gasteiger partial charge in [-0.05, 0) is 32.0 Å². The number of aryl methyl sites for hydroxylation is 1. The van der Waals surface area contributed by atoms with Gasteiger partial charge in [-0.25, -0.2) is 0 Å². The van der Waals surface area contributed by atoms with Gasteiger partial charge in [0.05, 0.1) is 0 Å². The van der Waals surface area contributed by atoms with Gasteiger partial charge in [0, 0.05) is 5.56 Å². The molecule has 0 unspecified atom stereocenters. The molecule has 0 radical (unpaired) electrons. The lowest BCUT2D eigenvalue weighted by Crippen LogP contribution is -2.03. The minimum Gasteiger partial charge on any atom is -0.481 e. The Bertz CT molecular complexity index is 722. The molecule has 106 valence electrons. The topological polar surface area (TPSA) is 48.2 Å². The fourth-order valence-corrected chi connectivity index (χ4v) is 2.06. The van der Waals surface area contributed by atoms with E-state index in [1.807, 2.05) is 68.4 Å². The second kappa shape index (κ2) is 5.79. The number of aromatic nitrogens is 2. The molecule has 0 saturated carbocycles. The van der Waals surface area contributed by atoms with Crippen LogP contribution in [0.15, 0.2) is 59.1 Å².